The SMILES string of the molecule is CC(NS(=O)(=O)c1cnc(Cl)c(Cl)c1)c1ccccc1F. The highest BCUT2D eigenvalue weighted by Gasteiger charge is 2.21. The standard InChI is InChI=1S/C13H11Cl2FN2O2S/c1-8(10-4-2-3-5-12(10)16)18-21(19,20)9-6-11(14)13(15)17-7-9/h2-8,18H,1H3. The van der Waals surface area contributed by atoms with Gasteiger partial charge in [-0.15, -0.1) is 0 Å². The Kier molecular flexibility index (Phi) is 4.83. The van der Waals surface area contributed by atoms with Crippen LogP contribution in [0.4, 0.5) is 4.39 Å². The lowest BCUT2D eigenvalue weighted by atomic mass is 10.1. The third-order valence-electron chi connectivity index (χ3n) is 2.79. The maximum atomic E-state index is 13.6. The first-order valence-electron chi connectivity index (χ1n) is 5.89. The average molecular weight is 349 g/mol. The molecule has 0 amide bonds. The number of aromatic nitrogens is 1. The van der Waals surface area contributed by atoms with E-state index in [0.717, 1.165) is 6.20 Å². The molecule has 1 N–H and O–H groups in total. The summed E-state index contributed by atoms with van der Waals surface area (Å²) in [5.41, 5.74) is 0.245. The fourth-order valence-corrected chi connectivity index (χ4v) is 3.27. The number of nitrogens with one attached hydrogen (secondary N) is 1. The average Bonchev–Trinajstić information content (AvgIpc) is 2.41. The van der Waals surface area contributed by atoms with Crippen LogP contribution in [0, 0.1) is 5.82 Å². The van der Waals surface area contributed by atoms with E-state index in [1.54, 1.807) is 13.0 Å². The summed E-state index contributed by atoms with van der Waals surface area (Å²) in [4.78, 5) is 3.54. The lowest BCUT2D eigenvalue weighted by Gasteiger charge is -2.15. The van der Waals surface area contributed by atoms with E-state index in [4.69, 9.17) is 23.2 Å². The van der Waals surface area contributed by atoms with Gasteiger partial charge in [-0.25, -0.2) is 22.5 Å². The normalized spacial score (nSPS) is 13.1. The van der Waals surface area contributed by atoms with E-state index in [9.17, 15) is 12.8 Å². The molecule has 21 heavy (non-hydrogen) atoms. The number of benzene rings is 1. The van der Waals surface area contributed by atoms with Crippen LogP contribution in [0.15, 0.2) is 41.4 Å². The van der Waals surface area contributed by atoms with Gasteiger partial charge in [0.1, 0.15) is 15.9 Å². The van der Waals surface area contributed by atoms with Crippen LogP contribution in [0.5, 0.6) is 0 Å². The first-order chi connectivity index (χ1) is 9.81. The Morgan fingerprint density at radius 1 is 1.29 bits per heavy atom. The lowest BCUT2D eigenvalue weighted by Crippen LogP contribution is -2.27. The summed E-state index contributed by atoms with van der Waals surface area (Å²) in [5, 5.41) is 0.0378. The van der Waals surface area contributed by atoms with Crippen molar-refractivity contribution in [2.75, 3.05) is 0 Å². The van der Waals surface area contributed by atoms with E-state index in [1.807, 2.05) is 0 Å². The van der Waals surface area contributed by atoms with E-state index < -0.39 is 21.9 Å². The highest BCUT2D eigenvalue weighted by atomic mass is 35.5. The molecule has 0 fully saturated rings. The maximum absolute atomic E-state index is 13.6. The monoisotopic (exact) mass is 348 g/mol. The smallest absolute Gasteiger partial charge is 0.242 e. The Morgan fingerprint density at radius 2 is 1.95 bits per heavy atom. The molecule has 8 heteroatoms. The van der Waals surface area contributed by atoms with Crippen molar-refractivity contribution in [1.29, 1.82) is 0 Å². The van der Waals surface area contributed by atoms with E-state index in [0.29, 0.717) is 0 Å². The van der Waals surface area contributed by atoms with Gasteiger partial charge in [-0.3, -0.25) is 0 Å². The molecule has 112 valence electrons. The van der Waals surface area contributed by atoms with Gasteiger partial charge < -0.3 is 0 Å². The highest BCUT2D eigenvalue weighted by molar-refractivity contribution is 7.89. The number of rotatable bonds is 4. The molecule has 0 bridgehead atoms. The van der Waals surface area contributed by atoms with Gasteiger partial charge in [-0.05, 0) is 19.1 Å². The third kappa shape index (κ3) is 3.71. The number of hydrogen-bond acceptors (Lipinski definition) is 3. The summed E-state index contributed by atoms with van der Waals surface area (Å²) < 4.78 is 40.4. The van der Waals surface area contributed by atoms with E-state index in [2.05, 4.69) is 9.71 Å². The molecule has 1 aromatic heterocycles. The molecular weight excluding hydrogens is 338 g/mol. The van der Waals surface area contributed by atoms with Crippen molar-refractivity contribution in [3.8, 4) is 0 Å². The Labute approximate surface area is 132 Å². The van der Waals surface area contributed by atoms with Crippen LogP contribution in [-0.4, -0.2) is 13.4 Å². The Morgan fingerprint density at radius 3 is 2.57 bits per heavy atom. The summed E-state index contributed by atoms with van der Waals surface area (Å²) in [7, 11) is -3.89. The summed E-state index contributed by atoms with van der Waals surface area (Å²) in [6.45, 7) is 1.54. The van der Waals surface area contributed by atoms with Crippen LogP contribution in [0.25, 0.3) is 0 Å². The van der Waals surface area contributed by atoms with Gasteiger partial charge in [0, 0.05) is 17.8 Å². The molecule has 0 saturated carbocycles. The van der Waals surface area contributed by atoms with Gasteiger partial charge in [0.15, 0.2) is 0 Å². The number of halogens is 3. The second-order valence-electron chi connectivity index (χ2n) is 4.31. The first kappa shape index (κ1) is 16.2. The molecule has 1 heterocycles. The zero-order chi connectivity index (χ0) is 15.6. The molecule has 0 aliphatic rings. The molecule has 1 aromatic carbocycles. The molecule has 0 aliphatic carbocycles. The molecule has 1 unspecified atom stereocenters. The molecule has 0 saturated heterocycles. The van der Waals surface area contributed by atoms with Crippen LogP contribution >= 0.6 is 23.2 Å². The van der Waals surface area contributed by atoms with Crippen molar-refractivity contribution in [2.45, 2.75) is 17.9 Å². The Bertz CT molecular complexity index is 769. The van der Waals surface area contributed by atoms with Crippen LogP contribution in [-0.2, 0) is 10.0 Å². The second-order valence-corrected chi connectivity index (χ2v) is 6.79. The molecule has 2 aromatic rings. The van der Waals surface area contributed by atoms with Gasteiger partial charge in [0.05, 0.1) is 5.02 Å². The molecule has 1 atom stereocenters. The highest BCUT2D eigenvalue weighted by Crippen LogP contribution is 2.24. The van der Waals surface area contributed by atoms with Crippen molar-refractivity contribution in [3.05, 3.63) is 58.1 Å². The summed E-state index contributed by atoms with van der Waals surface area (Å²) in [5.74, 6) is -0.486. The topological polar surface area (TPSA) is 59.1 Å². The van der Waals surface area contributed by atoms with Crippen LogP contribution in [0.3, 0.4) is 0 Å². The lowest BCUT2D eigenvalue weighted by molar-refractivity contribution is 0.550. The minimum absolute atomic E-state index is 0.0118. The van der Waals surface area contributed by atoms with Gasteiger partial charge in [-0.1, -0.05) is 41.4 Å². The minimum Gasteiger partial charge on any atom is -0.242 e. The Balaban J connectivity index is 2.29. The quantitative estimate of drug-likeness (QED) is 0.859. The number of sulfonamides is 1. The van der Waals surface area contributed by atoms with E-state index in [-0.39, 0.29) is 20.6 Å². The number of nitrogens with zero attached hydrogens (tertiary/aromatic N) is 1. The van der Waals surface area contributed by atoms with E-state index >= 15 is 0 Å². The molecule has 2 rings (SSSR count). The van der Waals surface area contributed by atoms with Crippen LogP contribution in [0.2, 0.25) is 10.2 Å². The minimum atomic E-state index is -3.89. The van der Waals surface area contributed by atoms with E-state index in [1.165, 1.54) is 24.3 Å². The Hall–Kier alpha value is -1.21. The van der Waals surface area contributed by atoms with Crippen molar-refractivity contribution in [1.82, 2.24) is 9.71 Å². The third-order valence-corrected chi connectivity index (χ3v) is 4.98. The fourth-order valence-electron chi connectivity index (χ4n) is 1.74. The maximum Gasteiger partial charge on any atom is 0.242 e. The van der Waals surface area contributed by atoms with Gasteiger partial charge in [0.2, 0.25) is 10.0 Å². The molecule has 4 nitrogen and oxygen atoms in total. The second kappa shape index (κ2) is 6.27. The summed E-state index contributed by atoms with van der Waals surface area (Å²) in [6.07, 6.45) is 1.09. The predicted molar refractivity (Wildman–Crippen MR) is 79.4 cm³/mol. The van der Waals surface area contributed by atoms with Crippen LogP contribution in [0.1, 0.15) is 18.5 Å². The summed E-state index contributed by atoms with van der Waals surface area (Å²) >= 11 is 11.4. The fraction of sp³-hybridized carbons (Fsp3) is 0.154. The van der Waals surface area contributed by atoms with Gasteiger partial charge in [0.25, 0.3) is 0 Å². The summed E-state index contributed by atoms with van der Waals surface area (Å²) in [6, 6.07) is 6.38. The number of pyridine rings is 1. The predicted octanol–water partition coefficient (Wildman–Crippen LogP) is 3.57. The van der Waals surface area contributed by atoms with Crippen molar-refractivity contribution in [2.24, 2.45) is 0 Å². The first-order valence-corrected chi connectivity index (χ1v) is 8.13. The van der Waals surface area contributed by atoms with Crippen LogP contribution < -0.4 is 4.72 Å². The van der Waals surface area contributed by atoms with Crippen molar-refractivity contribution >= 4 is 33.2 Å². The molecule has 0 spiro atoms. The zero-order valence-corrected chi connectivity index (χ0v) is 13.2. The van der Waals surface area contributed by atoms with Crippen molar-refractivity contribution < 1.29 is 12.8 Å². The largest absolute Gasteiger partial charge is 0.242 e. The molecule has 0 aliphatic heterocycles. The van der Waals surface area contributed by atoms with Gasteiger partial charge >= 0.3 is 0 Å². The van der Waals surface area contributed by atoms with Gasteiger partial charge in [-0.2, -0.15) is 0 Å². The number of hydrogen-bond donors (Lipinski definition) is 1. The van der Waals surface area contributed by atoms with Crippen molar-refractivity contribution in [3.63, 3.8) is 0 Å². The molecule has 0 radical (unpaired) electrons. The molecular formula is C13H11Cl2FN2O2S. The zero-order valence-electron chi connectivity index (χ0n) is 10.8.